The van der Waals surface area contributed by atoms with Crippen molar-refractivity contribution in [2.24, 2.45) is 5.73 Å². The van der Waals surface area contributed by atoms with E-state index in [4.69, 9.17) is 10.7 Å². The molecule has 1 unspecified atom stereocenters. The molecule has 0 aliphatic carbocycles. The van der Waals surface area contributed by atoms with Crippen LogP contribution < -0.4 is 5.73 Å². The van der Waals surface area contributed by atoms with E-state index >= 15 is 0 Å². The molecule has 0 fully saturated rings. The van der Waals surface area contributed by atoms with E-state index in [2.05, 4.69) is 51.0 Å². The number of imidazole rings is 1. The molecule has 2 aromatic heterocycles. The Morgan fingerprint density at radius 1 is 1.48 bits per heavy atom. The lowest BCUT2D eigenvalue weighted by Gasteiger charge is -2.09. The number of hydrogen-bond acceptors (Lipinski definition) is 4. The Kier molecular flexibility index (Phi) is 4.69. The highest BCUT2D eigenvalue weighted by atomic mass is 79.9. The number of nitrogens with two attached hydrogens (primary N) is 1. The van der Waals surface area contributed by atoms with Crippen LogP contribution in [0.2, 0.25) is 0 Å². The number of fused-ring (bicyclic) bond motifs is 1. The second kappa shape index (κ2) is 6.52. The summed E-state index contributed by atoms with van der Waals surface area (Å²) in [7, 11) is 0. The van der Waals surface area contributed by atoms with Crippen LogP contribution in [0.4, 0.5) is 0 Å². The first-order valence-corrected chi connectivity index (χ1v) is 9.29. The molecule has 0 aliphatic rings. The Labute approximate surface area is 140 Å². The topological polar surface area (TPSA) is 43.3 Å². The average Bonchev–Trinajstić information content (AvgIpc) is 3.02. The smallest absolute Gasteiger partial charge is 0.194 e. The first kappa shape index (κ1) is 15.1. The van der Waals surface area contributed by atoms with E-state index in [1.807, 2.05) is 12.1 Å². The number of nitrogens with zero attached hydrogens (tertiary/aromatic N) is 2. The minimum Gasteiger partial charge on any atom is -0.327 e. The molecule has 110 valence electrons. The summed E-state index contributed by atoms with van der Waals surface area (Å²) in [5.41, 5.74) is 7.37. The normalized spacial score (nSPS) is 12.9. The molecule has 1 atom stereocenters. The summed E-state index contributed by atoms with van der Waals surface area (Å²) in [6.07, 6.45) is 3.90. The SMILES string of the molecule is CCC(N)Cc1c(Sc2cccc(Br)c2)nc2sccn12. The van der Waals surface area contributed by atoms with Crippen molar-refractivity contribution in [2.75, 3.05) is 0 Å². The summed E-state index contributed by atoms with van der Waals surface area (Å²) in [6, 6.07) is 8.46. The molecule has 2 N–H and O–H groups in total. The van der Waals surface area contributed by atoms with Gasteiger partial charge in [-0.2, -0.15) is 0 Å². The quantitative estimate of drug-likeness (QED) is 0.702. The Bertz CT molecular complexity index is 750. The van der Waals surface area contributed by atoms with E-state index < -0.39 is 0 Å². The van der Waals surface area contributed by atoms with Gasteiger partial charge in [0.05, 0.1) is 5.69 Å². The van der Waals surface area contributed by atoms with Crippen LogP contribution in [-0.4, -0.2) is 15.4 Å². The zero-order chi connectivity index (χ0) is 14.8. The van der Waals surface area contributed by atoms with Crippen LogP contribution in [-0.2, 0) is 6.42 Å². The van der Waals surface area contributed by atoms with Gasteiger partial charge in [-0.25, -0.2) is 4.98 Å². The molecule has 0 saturated carbocycles. The molecule has 3 aromatic rings. The first-order chi connectivity index (χ1) is 10.2. The van der Waals surface area contributed by atoms with Gasteiger partial charge in [-0.05, 0) is 24.6 Å². The molecule has 0 radical (unpaired) electrons. The molecular weight excluding hydrogens is 366 g/mol. The van der Waals surface area contributed by atoms with Crippen molar-refractivity contribution in [3.05, 3.63) is 46.0 Å². The van der Waals surface area contributed by atoms with Crippen LogP contribution >= 0.6 is 39.0 Å². The highest BCUT2D eigenvalue weighted by Gasteiger charge is 2.16. The van der Waals surface area contributed by atoms with Gasteiger partial charge in [-0.1, -0.05) is 40.7 Å². The van der Waals surface area contributed by atoms with Crippen molar-refractivity contribution in [1.82, 2.24) is 9.38 Å². The summed E-state index contributed by atoms with van der Waals surface area (Å²) in [6.45, 7) is 2.12. The molecule has 0 saturated heterocycles. The van der Waals surface area contributed by atoms with E-state index in [0.29, 0.717) is 0 Å². The van der Waals surface area contributed by atoms with Crippen molar-refractivity contribution < 1.29 is 0 Å². The predicted octanol–water partition coefficient (Wildman–Crippen LogP) is 4.59. The molecule has 21 heavy (non-hydrogen) atoms. The monoisotopic (exact) mass is 381 g/mol. The molecular formula is C15H16BrN3S2. The molecule has 2 heterocycles. The highest BCUT2D eigenvalue weighted by molar-refractivity contribution is 9.10. The molecule has 1 aromatic carbocycles. The summed E-state index contributed by atoms with van der Waals surface area (Å²) >= 11 is 6.88. The maximum absolute atomic E-state index is 6.16. The van der Waals surface area contributed by atoms with Crippen LogP contribution in [0.25, 0.3) is 4.96 Å². The third-order valence-corrected chi connectivity index (χ3v) is 5.57. The van der Waals surface area contributed by atoms with Gasteiger partial charge >= 0.3 is 0 Å². The number of thiazole rings is 1. The third kappa shape index (κ3) is 3.34. The van der Waals surface area contributed by atoms with Gasteiger partial charge in [0.2, 0.25) is 0 Å². The Morgan fingerprint density at radius 2 is 2.33 bits per heavy atom. The molecule has 3 rings (SSSR count). The lowest BCUT2D eigenvalue weighted by Crippen LogP contribution is -2.22. The van der Waals surface area contributed by atoms with E-state index in [9.17, 15) is 0 Å². The molecule has 0 spiro atoms. The predicted molar refractivity (Wildman–Crippen MR) is 93.3 cm³/mol. The number of hydrogen-bond donors (Lipinski definition) is 1. The van der Waals surface area contributed by atoms with Crippen molar-refractivity contribution >= 4 is 44.0 Å². The maximum atomic E-state index is 6.16. The van der Waals surface area contributed by atoms with Crippen LogP contribution in [0.5, 0.6) is 0 Å². The number of rotatable bonds is 5. The molecule has 6 heteroatoms. The first-order valence-electron chi connectivity index (χ1n) is 6.80. The van der Waals surface area contributed by atoms with Gasteiger partial charge in [-0.3, -0.25) is 4.40 Å². The van der Waals surface area contributed by atoms with Gasteiger partial charge in [0.15, 0.2) is 4.96 Å². The van der Waals surface area contributed by atoms with Crippen LogP contribution in [0, 0.1) is 0 Å². The Morgan fingerprint density at radius 3 is 3.10 bits per heavy atom. The minimum absolute atomic E-state index is 0.173. The fraction of sp³-hybridized carbons (Fsp3) is 0.267. The second-order valence-electron chi connectivity index (χ2n) is 4.85. The van der Waals surface area contributed by atoms with Gasteiger partial charge in [-0.15, -0.1) is 11.3 Å². The third-order valence-electron chi connectivity index (χ3n) is 3.31. The van der Waals surface area contributed by atoms with Crippen LogP contribution in [0.3, 0.4) is 0 Å². The van der Waals surface area contributed by atoms with E-state index in [1.165, 1.54) is 10.6 Å². The number of benzene rings is 1. The van der Waals surface area contributed by atoms with Crippen molar-refractivity contribution in [1.29, 1.82) is 0 Å². The largest absolute Gasteiger partial charge is 0.327 e. The van der Waals surface area contributed by atoms with Gasteiger partial charge in [0.25, 0.3) is 0 Å². The fourth-order valence-corrected chi connectivity index (χ4v) is 4.44. The van der Waals surface area contributed by atoms with Crippen molar-refractivity contribution in [2.45, 2.75) is 35.7 Å². The summed E-state index contributed by atoms with van der Waals surface area (Å²) in [4.78, 5) is 6.97. The van der Waals surface area contributed by atoms with Crippen LogP contribution in [0.1, 0.15) is 19.0 Å². The summed E-state index contributed by atoms with van der Waals surface area (Å²) in [5, 5.41) is 3.13. The molecule has 0 bridgehead atoms. The lowest BCUT2D eigenvalue weighted by atomic mass is 10.1. The Hall–Kier alpha value is -0.820. The number of aromatic nitrogens is 2. The summed E-state index contributed by atoms with van der Waals surface area (Å²) < 4.78 is 3.25. The van der Waals surface area contributed by atoms with Gasteiger partial charge in [0, 0.05) is 33.4 Å². The molecule has 3 nitrogen and oxygen atoms in total. The zero-order valence-corrected chi connectivity index (χ0v) is 14.8. The zero-order valence-electron chi connectivity index (χ0n) is 11.6. The van der Waals surface area contributed by atoms with Gasteiger partial charge in [0.1, 0.15) is 5.03 Å². The summed E-state index contributed by atoms with van der Waals surface area (Å²) in [5.74, 6) is 0. The maximum Gasteiger partial charge on any atom is 0.194 e. The van der Waals surface area contributed by atoms with Crippen molar-refractivity contribution in [3.8, 4) is 0 Å². The van der Waals surface area contributed by atoms with E-state index in [-0.39, 0.29) is 6.04 Å². The molecule has 0 amide bonds. The highest BCUT2D eigenvalue weighted by Crippen LogP contribution is 2.33. The van der Waals surface area contributed by atoms with E-state index in [0.717, 1.165) is 27.3 Å². The lowest BCUT2D eigenvalue weighted by molar-refractivity contribution is 0.627. The standard InChI is InChI=1S/C15H16BrN3S2/c1-2-11(17)9-13-14(18-15-19(13)6-7-20-15)21-12-5-3-4-10(16)8-12/h3-8,11H,2,9,17H2,1H3. The van der Waals surface area contributed by atoms with Crippen LogP contribution in [0.15, 0.2) is 50.2 Å². The second-order valence-corrected chi connectivity index (χ2v) is 7.70. The fourth-order valence-electron chi connectivity index (χ4n) is 2.11. The average molecular weight is 382 g/mol. The number of halogens is 1. The van der Waals surface area contributed by atoms with Crippen molar-refractivity contribution in [3.63, 3.8) is 0 Å². The molecule has 0 aliphatic heterocycles. The Balaban J connectivity index is 1.97. The minimum atomic E-state index is 0.173. The van der Waals surface area contributed by atoms with E-state index in [1.54, 1.807) is 23.1 Å². The van der Waals surface area contributed by atoms with Gasteiger partial charge < -0.3 is 5.73 Å².